The predicted molar refractivity (Wildman–Crippen MR) is 103 cm³/mol. The summed E-state index contributed by atoms with van der Waals surface area (Å²) in [5.74, 6) is 0.487. The maximum atomic E-state index is 13.2. The normalized spacial score (nSPS) is 38.3. The van der Waals surface area contributed by atoms with Gasteiger partial charge in [-0.2, -0.15) is 0 Å². The number of carbonyl (C=O) groups is 1. The Balaban J connectivity index is 1.59. The van der Waals surface area contributed by atoms with Crippen LogP contribution in [0.1, 0.15) is 38.4 Å². The fraction of sp³-hybridized carbons (Fsp3) is 0.524. The van der Waals surface area contributed by atoms with Crippen LogP contribution in [0.25, 0.3) is 10.9 Å². The first-order valence-corrected chi connectivity index (χ1v) is 9.92. The van der Waals surface area contributed by atoms with E-state index < -0.39 is 0 Å². The molecule has 0 aliphatic carbocycles. The van der Waals surface area contributed by atoms with Crippen molar-refractivity contribution >= 4 is 28.3 Å². The van der Waals surface area contributed by atoms with Crippen LogP contribution in [0.5, 0.6) is 0 Å². The minimum atomic E-state index is -0.251. The summed E-state index contributed by atoms with van der Waals surface area (Å²) in [6, 6.07) is 10.3. The molecule has 2 aromatic rings. The Morgan fingerprint density at radius 1 is 1.19 bits per heavy atom. The topological polar surface area (TPSA) is 36.4 Å². The number of pyridine rings is 1. The van der Waals surface area contributed by atoms with E-state index in [1.807, 2.05) is 18.2 Å². The molecule has 4 aliphatic rings. The number of halogens is 1. The maximum absolute atomic E-state index is 13.2. The van der Waals surface area contributed by atoms with Crippen LogP contribution in [0.4, 0.5) is 0 Å². The zero-order valence-electron chi connectivity index (χ0n) is 15.3. The van der Waals surface area contributed by atoms with Crippen LogP contribution in [-0.2, 0) is 4.79 Å². The molecule has 0 spiro atoms. The Bertz CT molecular complexity index is 895. The Hall–Kier alpha value is -1.49. The predicted octanol–water partition coefficient (Wildman–Crippen LogP) is 3.89. The molecule has 4 fully saturated rings. The molecular formula is C21H24ClN3O. The van der Waals surface area contributed by atoms with Crippen molar-refractivity contribution in [1.29, 1.82) is 0 Å². The molecule has 136 valence electrons. The highest BCUT2D eigenvalue weighted by molar-refractivity contribution is 6.30. The number of rotatable bonds is 3. The molecule has 0 amide bonds. The zero-order valence-corrected chi connectivity index (χ0v) is 16.1. The van der Waals surface area contributed by atoms with E-state index in [4.69, 9.17) is 11.6 Å². The van der Waals surface area contributed by atoms with Gasteiger partial charge in [-0.05, 0) is 18.6 Å². The van der Waals surface area contributed by atoms with Crippen molar-refractivity contribution in [3.05, 3.63) is 41.0 Å². The van der Waals surface area contributed by atoms with Gasteiger partial charge in [0, 0.05) is 37.1 Å². The Morgan fingerprint density at radius 2 is 1.88 bits per heavy atom. The Morgan fingerprint density at radius 3 is 2.58 bits per heavy atom. The molecule has 6 rings (SSSR count). The van der Waals surface area contributed by atoms with E-state index >= 15 is 0 Å². The summed E-state index contributed by atoms with van der Waals surface area (Å²) < 4.78 is 0. The lowest BCUT2D eigenvalue weighted by Gasteiger charge is -2.65. The van der Waals surface area contributed by atoms with Crippen LogP contribution in [0.3, 0.4) is 0 Å². The van der Waals surface area contributed by atoms with Crippen LogP contribution in [0, 0.1) is 10.8 Å². The average molecular weight is 370 g/mol. The fourth-order valence-electron chi connectivity index (χ4n) is 5.82. The van der Waals surface area contributed by atoms with Crippen molar-refractivity contribution in [2.45, 2.75) is 32.9 Å². The van der Waals surface area contributed by atoms with Gasteiger partial charge in [0.15, 0.2) is 0 Å². The quantitative estimate of drug-likeness (QED) is 0.769. The molecule has 26 heavy (non-hydrogen) atoms. The molecule has 1 aromatic heterocycles. The van der Waals surface area contributed by atoms with Gasteiger partial charge in [0.2, 0.25) is 0 Å². The third kappa shape index (κ3) is 2.16. The molecule has 4 saturated heterocycles. The number of nitrogens with zero attached hydrogens (tertiary/aromatic N) is 3. The number of carbonyl (C=O) groups excluding carboxylic acids is 1. The van der Waals surface area contributed by atoms with Gasteiger partial charge in [0.05, 0.1) is 22.5 Å². The number of ketones is 1. The summed E-state index contributed by atoms with van der Waals surface area (Å²) >= 11 is 6.62. The van der Waals surface area contributed by atoms with Crippen LogP contribution in [0.15, 0.2) is 30.3 Å². The molecular weight excluding hydrogens is 346 g/mol. The van der Waals surface area contributed by atoms with E-state index in [1.165, 1.54) is 0 Å². The van der Waals surface area contributed by atoms with E-state index in [9.17, 15) is 4.79 Å². The van der Waals surface area contributed by atoms with Gasteiger partial charge < -0.3 is 0 Å². The van der Waals surface area contributed by atoms with Crippen molar-refractivity contribution in [3.63, 3.8) is 0 Å². The van der Waals surface area contributed by atoms with Gasteiger partial charge >= 0.3 is 0 Å². The van der Waals surface area contributed by atoms with Crippen LogP contribution in [0.2, 0.25) is 5.15 Å². The molecule has 0 N–H and O–H groups in total. The SMILES string of the molecule is CCCC12CN3CC(C)(CN(C1)C3c1cc3ccccc3nc1Cl)C2=O. The number of para-hydroxylation sites is 1. The fourth-order valence-corrected chi connectivity index (χ4v) is 6.07. The number of fused-ring (bicyclic) bond motifs is 1. The zero-order chi connectivity index (χ0) is 18.1. The van der Waals surface area contributed by atoms with E-state index in [0.29, 0.717) is 10.9 Å². The summed E-state index contributed by atoms with van der Waals surface area (Å²) in [5, 5.41) is 1.70. The highest BCUT2D eigenvalue weighted by atomic mass is 35.5. The molecule has 5 heteroatoms. The second kappa shape index (κ2) is 5.51. The molecule has 5 heterocycles. The van der Waals surface area contributed by atoms with E-state index in [-0.39, 0.29) is 17.0 Å². The van der Waals surface area contributed by atoms with Crippen LogP contribution >= 0.6 is 11.6 Å². The summed E-state index contributed by atoms with van der Waals surface area (Å²) in [7, 11) is 0. The maximum Gasteiger partial charge on any atom is 0.150 e. The summed E-state index contributed by atoms with van der Waals surface area (Å²) in [4.78, 5) is 22.8. The molecule has 4 nitrogen and oxygen atoms in total. The molecule has 1 aromatic carbocycles. The minimum absolute atomic E-state index is 0.130. The second-order valence-electron chi connectivity index (χ2n) is 8.66. The number of hydrogen-bond acceptors (Lipinski definition) is 4. The minimum Gasteiger partial charge on any atom is -0.298 e. The number of Topliss-reactive ketones (excluding diaryl/α,β-unsaturated/α-hetero) is 1. The largest absolute Gasteiger partial charge is 0.298 e. The first-order chi connectivity index (χ1) is 12.5. The van der Waals surface area contributed by atoms with Gasteiger partial charge in [0.1, 0.15) is 10.9 Å². The van der Waals surface area contributed by atoms with Gasteiger partial charge in [-0.15, -0.1) is 0 Å². The Labute approximate surface area is 159 Å². The smallest absolute Gasteiger partial charge is 0.150 e. The van der Waals surface area contributed by atoms with E-state index in [2.05, 4.69) is 40.8 Å². The molecule has 4 aliphatic heterocycles. The van der Waals surface area contributed by atoms with Gasteiger partial charge in [-0.3, -0.25) is 14.6 Å². The Kier molecular flexibility index (Phi) is 3.53. The lowest BCUT2D eigenvalue weighted by molar-refractivity contribution is -0.201. The van der Waals surface area contributed by atoms with Gasteiger partial charge in [-0.1, -0.05) is 50.1 Å². The van der Waals surface area contributed by atoms with Crippen molar-refractivity contribution in [1.82, 2.24) is 14.8 Å². The summed E-state index contributed by atoms with van der Waals surface area (Å²) in [6.07, 6.45) is 2.16. The average Bonchev–Trinajstić information content (AvgIpc) is 2.59. The van der Waals surface area contributed by atoms with Crippen LogP contribution < -0.4 is 0 Å². The monoisotopic (exact) mass is 369 g/mol. The van der Waals surface area contributed by atoms with E-state index in [1.54, 1.807) is 0 Å². The standard InChI is InChI=1S/C21H24ClN3O/c1-3-8-21-12-24-10-20(2,19(21)26)11-25(13-21)18(24)15-9-14-6-4-5-7-16(14)23-17(15)22/h4-7,9,18H,3,8,10-13H2,1-2H3. The molecule has 0 radical (unpaired) electrons. The van der Waals surface area contributed by atoms with Gasteiger partial charge in [0.25, 0.3) is 0 Å². The third-order valence-corrected chi connectivity index (χ3v) is 6.85. The number of aromatic nitrogens is 1. The van der Waals surface area contributed by atoms with E-state index in [0.717, 1.165) is 55.5 Å². The molecule has 2 unspecified atom stereocenters. The van der Waals surface area contributed by atoms with Crippen LogP contribution in [-0.4, -0.2) is 46.7 Å². The van der Waals surface area contributed by atoms with Crippen molar-refractivity contribution in [2.75, 3.05) is 26.2 Å². The second-order valence-corrected chi connectivity index (χ2v) is 9.02. The molecule has 2 atom stereocenters. The number of hydrogen-bond donors (Lipinski definition) is 0. The highest BCUT2D eigenvalue weighted by Crippen LogP contribution is 2.54. The van der Waals surface area contributed by atoms with Crippen molar-refractivity contribution < 1.29 is 4.79 Å². The summed E-state index contributed by atoms with van der Waals surface area (Å²) in [6.45, 7) is 7.66. The third-order valence-electron chi connectivity index (χ3n) is 6.55. The first kappa shape index (κ1) is 16.7. The summed E-state index contributed by atoms with van der Waals surface area (Å²) in [5.41, 5.74) is 1.55. The molecule has 4 bridgehead atoms. The highest BCUT2D eigenvalue weighted by Gasteiger charge is 2.63. The first-order valence-electron chi connectivity index (χ1n) is 9.54. The number of piperidine rings is 2. The number of benzene rings is 1. The van der Waals surface area contributed by atoms with Crippen molar-refractivity contribution in [3.8, 4) is 0 Å². The van der Waals surface area contributed by atoms with Gasteiger partial charge in [-0.25, -0.2) is 4.98 Å². The lowest BCUT2D eigenvalue weighted by Crippen LogP contribution is -2.76. The van der Waals surface area contributed by atoms with Crippen molar-refractivity contribution in [2.24, 2.45) is 10.8 Å². The lowest BCUT2D eigenvalue weighted by atomic mass is 9.59. The molecule has 0 saturated carbocycles.